The van der Waals surface area contributed by atoms with E-state index in [4.69, 9.17) is 5.11 Å². The van der Waals surface area contributed by atoms with E-state index in [1.807, 2.05) is 0 Å². The maximum absolute atomic E-state index is 13.5. The summed E-state index contributed by atoms with van der Waals surface area (Å²) in [6.07, 6.45) is 0. The van der Waals surface area contributed by atoms with E-state index in [-0.39, 0.29) is 18.3 Å². The van der Waals surface area contributed by atoms with Crippen LogP contribution in [0, 0.1) is 31.5 Å². The number of hydrogen-bond donors (Lipinski definition) is 2. The van der Waals surface area contributed by atoms with Gasteiger partial charge in [0.2, 0.25) is 5.91 Å². The van der Waals surface area contributed by atoms with Gasteiger partial charge in [-0.3, -0.25) is 9.59 Å². The molecule has 1 rings (SSSR count). The molecule has 1 amide bonds. The Morgan fingerprint density at radius 2 is 1.70 bits per heavy atom. The van der Waals surface area contributed by atoms with Gasteiger partial charge in [0.15, 0.2) is 0 Å². The molecular formula is C15H20FNO3. The van der Waals surface area contributed by atoms with E-state index in [0.29, 0.717) is 11.1 Å². The van der Waals surface area contributed by atoms with Crippen molar-refractivity contribution in [3.05, 3.63) is 34.6 Å². The monoisotopic (exact) mass is 281 g/mol. The molecule has 0 aliphatic heterocycles. The molecule has 0 heterocycles. The van der Waals surface area contributed by atoms with Crippen LogP contribution < -0.4 is 5.32 Å². The summed E-state index contributed by atoms with van der Waals surface area (Å²) >= 11 is 0. The lowest BCUT2D eigenvalue weighted by Gasteiger charge is -2.16. The summed E-state index contributed by atoms with van der Waals surface area (Å²) < 4.78 is 13.5. The summed E-state index contributed by atoms with van der Waals surface area (Å²) in [4.78, 5) is 22.7. The molecule has 0 aliphatic rings. The molecule has 2 unspecified atom stereocenters. The van der Waals surface area contributed by atoms with Crippen LogP contribution in [0.5, 0.6) is 0 Å². The van der Waals surface area contributed by atoms with Crippen molar-refractivity contribution in [1.29, 1.82) is 0 Å². The lowest BCUT2D eigenvalue weighted by atomic mass is 9.95. The normalized spacial score (nSPS) is 13.7. The molecule has 2 N–H and O–H groups in total. The number of carbonyl (C=O) groups excluding carboxylic acids is 1. The highest BCUT2D eigenvalue weighted by atomic mass is 19.1. The molecule has 110 valence electrons. The van der Waals surface area contributed by atoms with E-state index in [1.165, 1.54) is 6.92 Å². The van der Waals surface area contributed by atoms with Crippen molar-refractivity contribution >= 4 is 11.9 Å². The minimum atomic E-state index is -0.999. The molecular weight excluding hydrogens is 261 g/mol. The Morgan fingerprint density at radius 1 is 1.20 bits per heavy atom. The third-order valence-electron chi connectivity index (χ3n) is 3.52. The van der Waals surface area contributed by atoms with E-state index in [2.05, 4.69) is 5.32 Å². The van der Waals surface area contributed by atoms with E-state index in [1.54, 1.807) is 32.9 Å². The third-order valence-corrected chi connectivity index (χ3v) is 3.52. The fourth-order valence-electron chi connectivity index (χ4n) is 1.93. The van der Waals surface area contributed by atoms with Gasteiger partial charge in [0.1, 0.15) is 5.82 Å². The van der Waals surface area contributed by atoms with Crippen molar-refractivity contribution in [1.82, 2.24) is 5.32 Å². The molecule has 0 aliphatic carbocycles. The summed E-state index contributed by atoms with van der Waals surface area (Å²) in [7, 11) is 0. The minimum Gasteiger partial charge on any atom is -0.481 e. The lowest BCUT2D eigenvalue weighted by molar-refractivity contribution is -0.146. The Hall–Kier alpha value is -1.91. The van der Waals surface area contributed by atoms with E-state index in [0.717, 1.165) is 5.56 Å². The Labute approximate surface area is 118 Å². The number of amides is 1. The standard InChI is InChI=1S/C15H20FNO3/c1-8-5-12(6-9(2)13(8)16)7-17-14(18)10(3)11(4)15(19)20/h5-6,10-11H,7H2,1-4H3,(H,17,18)(H,19,20). The Bertz CT molecular complexity index is 505. The number of aliphatic carboxylic acids is 1. The lowest BCUT2D eigenvalue weighted by Crippen LogP contribution is -2.34. The summed E-state index contributed by atoms with van der Waals surface area (Å²) in [5, 5.41) is 11.6. The predicted molar refractivity (Wildman–Crippen MR) is 73.7 cm³/mol. The summed E-state index contributed by atoms with van der Waals surface area (Å²) in [5.74, 6) is -2.92. The Kier molecular flexibility index (Phi) is 5.25. The first-order valence-electron chi connectivity index (χ1n) is 6.50. The molecule has 1 aromatic rings. The maximum Gasteiger partial charge on any atom is 0.307 e. The minimum absolute atomic E-state index is 0.243. The molecule has 0 spiro atoms. The number of carboxylic acids is 1. The second-order valence-electron chi connectivity index (χ2n) is 5.18. The van der Waals surface area contributed by atoms with Crippen LogP contribution in [0.1, 0.15) is 30.5 Å². The fraction of sp³-hybridized carbons (Fsp3) is 0.467. The molecule has 4 nitrogen and oxygen atoms in total. The fourth-order valence-corrected chi connectivity index (χ4v) is 1.93. The summed E-state index contributed by atoms with van der Waals surface area (Å²) in [6.45, 7) is 6.68. The quantitative estimate of drug-likeness (QED) is 0.871. The van der Waals surface area contributed by atoms with Crippen molar-refractivity contribution in [3.8, 4) is 0 Å². The molecule has 20 heavy (non-hydrogen) atoms. The average Bonchev–Trinajstić information content (AvgIpc) is 2.39. The molecule has 5 heteroatoms. The SMILES string of the molecule is Cc1cc(CNC(=O)C(C)C(C)C(=O)O)cc(C)c1F. The molecule has 0 aromatic heterocycles. The second kappa shape index (κ2) is 6.50. The largest absolute Gasteiger partial charge is 0.481 e. The van der Waals surface area contributed by atoms with Gasteiger partial charge in [0, 0.05) is 12.5 Å². The summed E-state index contributed by atoms with van der Waals surface area (Å²) in [5.41, 5.74) is 1.85. The van der Waals surface area contributed by atoms with Crippen LogP contribution in [0.3, 0.4) is 0 Å². The first-order valence-corrected chi connectivity index (χ1v) is 6.50. The number of carboxylic acid groups (broad SMARTS) is 1. The van der Waals surface area contributed by atoms with Crippen LogP contribution in [0.25, 0.3) is 0 Å². The molecule has 0 fully saturated rings. The number of halogens is 1. The topological polar surface area (TPSA) is 66.4 Å². The molecule has 2 atom stereocenters. The highest BCUT2D eigenvalue weighted by Gasteiger charge is 2.25. The van der Waals surface area contributed by atoms with Crippen LogP contribution >= 0.6 is 0 Å². The smallest absolute Gasteiger partial charge is 0.307 e. The van der Waals surface area contributed by atoms with Crippen LogP contribution in [-0.2, 0) is 16.1 Å². The van der Waals surface area contributed by atoms with Crippen LogP contribution in [0.15, 0.2) is 12.1 Å². The van der Waals surface area contributed by atoms with Gasteiger partial charge in [-0.05, 0) is 30.5 Å². The van der Waals surface area contributed by atoms with E-state index < -0.39 is 17.8 Å². The number of hydrogen-bond acceptors (Lipinski definition) is 2. The first kappa shape index (κ1) is 16.1. The van der Waals surface area contributed by atoms with Crippen molar-refractivity contribution in [2.75, 3.05) is 0 Å². The van der Waals surface area contributed by atoms with Gasteiger partial charge in [-0.2, -0.15) is 0 Å². The number of aryl methyl sites for hydroxylation is 2. The van der Waals surface area contributed by atoms with Crippen molar-refractivity contribution in [2.45, 2.75) is 34.2 Å². The Morgan fingerprint density at radius 3 is 2.15 bits per heavy atom. The maximum atomic E-state index is 13.5. The van der Waals surface area contributed by atoms with Gasteiger partial charge in [-0.15, -0.1) is 0 Å². The van der Waals surface area contributed by atoms with Gasteiger partial charge in [-0.1, -0.05) is 26.0 Å². The van der Waals surface area contributed by atoms with Crippen molar-refractivity contribution in [3.63, 3.8) is 0 Å². The predicted octanol–water partition coefficient (Wildman–Crippen LogP) is 2.42. The Balaban J connectivity index is 2.68. The molecule has 0 saturated heterocycles. The molecule has 0 bridgehead atoms. The van der Waals surface area contributed by atoms with Gasteiger partial charge in [-0.25, -0.2) is 4.39 Å². The number of nitrogens with one attached hydrogen (secondary N) is 1. The van der Waals surface area contributed by atoms with Gasteiger partial charge >= 0.3 is 5.97 Å². The third kappa shape index (κ3) is 3.79. The summed E-state index contributed by atoms with van der Waals surface area (Å²) in [6, 6.07) is 3.35. The van der Waals surface area contributed by atoms with Gasteiger partial charge < -0.3 is 10.4 Å². The van der Waals surface area contributed by atoms with Crippen LogP contribution in [-0.4, -0.2) is 17.0 Å². The van der Waals surface area contributed by atoms with Crippen LogP contribution in [0.4, 0.5) is 4.39 Å². The van der Waals surface area contributed by atoms with Gasteiger partial charge in [0.25, 0.3) is 0 Å². The van der Waals surface area contributed by atoms with Crippen molar-refractivity contribution in [2.24, 2.45) is 11.8 Å². The first-order chi connectivity index (χ1) is 9.23. The zero-order valence-electron chi connectivity index (χ0n) is 12.2. The van der Waals surface area contributed by atoms with Crippen LogP contribution in [0.2, 0.25) is 0 Å². The zero-order chi connectivity index (χ0) is 15.4. The highest BCUT2D eigenvalue weighted by molar-refractivity contribution is 5.84. The number of carbonyl (C=O) groups is 2. The second-order valence-corrected chi connectivity index (χ2v) is 5.18. The molecule has 1 aromatic carbocycles. The van der Waals surface area contributed by atoms with E-state index in [9.17, 15) is 14.0 Å². The molecule has 0 radical (unpaired) electrons. The van der Waals surface area contributed by atoms with Gasteiger partial charge in [0.05, 0.1) is 5.92 Å². The average molecular weight is 281 g/mol. The van der Waals surface area contributed by atoms with E-state index >= 15 is 0 Å². The number of benzene rings is 1. The van der Waals surface area contributed by atoms with Crippen molar-refractivity contribution < 1.29 is 19.1 Å². The number of rotatable bonds is 5. The molecule has 0 saturated carbocycles. The highest BCUT2D eigenvalue weighted by Crippen LogP contribution is 2.15. The zero-order valence-corrected chi connectivity index (χ0v) is 12.2.